The van der Waals surface area contributed by atoms with Crippen molar-refractivity contribution in [3.63, 3.8) is 0 Å². The van der Waals surface area contributed by atoms with Gasteiger partial charge in [-0.1, -0.05) is 13.8 Å². The number of hydrogen-bond acceptors (Lipinski definition) is 3. The highest BCUT2D eigenvalue weighted by Crippen LogP contribution is 2.41. The number of nitrogens with zero attached hydrogens (tertiary/aromatic N) is 1. The highest BCUT2D eigenvalue weighted by atomic mass is 16.3. The monoisotopic (exact) mass is 185 g/mol. The van der Waals surface area contributed by atoms with Gasteiger partial charge in [0.05, 0.1) is 6.10 Å². The summed E-state index contributed by atoms with van der Waals surface area (Å²) < 4.78 is 0. The minimum absolute atomic E-state index is 0.0304. The van der Waals surface area contributed by atoms with E-state index < -0.39 is 0 Å². The van der Waals surface area contributed by atoms with E-state index in [2.05, 4.69) is 18.7 Å². The number of aliphatic hydroxyl groups excluding tert-OH is 2. The largest absolute Gasteiger partial charge is 0.396 e. The van der Waals surface area contributed by atoms with Gasteiger partial charge in [0.1, 0.15) is 0 Å². The van der Waals surface area contributed by atoms with Crippen LogP contribution in [0.4, 0.5) is 0 Å². The van der Waals surface area contributed by atoms with Crippen LogP contribution in [-0.2, 0) is 0 Å². The molecular formula is C10H19NO2. The van der Waals surface area contributed by atoms with E-state index in [0.717, 1.165) is 19.5 Å². The summed E-state index contributed by atoms with van der Waals surface area (Å²) in [5.74, 6) is 0.473. The molecule has 1 aliphatic carbocycles. The standard InChI is InChI=1S/C10H19NO2/c1-10(2)6-11(4-9(10)13)8-3-7(8)5-12/h7-9,12-13H,3-6H2,1-2H3. The summed E-state index contributed by atoms with van der Waals surface area (Å²) in [6.07, 6.45) is 0.909. The highest BCUT2D eigenvalue weighted by Gasteiger charge is 2.48. The first-order chi connectivity index (χ1) is 6.04. The molecule has 1 saturated heterocycles. The van der Waals surface area contributed by atoms with Gasteiger partial charge in [0, 0.05) is 31.2 Å². The van der Waals surface area contributed by atoms with Gasteiger partial charge in [-0.05, 0) is 12.3 Å². The molecule has 0 aromatic rings. The van der Waals surface area contributed by atoms with Crippen molar-refractivity contribution in [3.05, 3.63) is 0 Å². The maximum Gasteiger partial charge on any atom is 0.0730 e. The second kappa shape index (κ2) is 2.94. The molecule has 1 aliphatic heterocycles. The third-order valence-electron chi connectivity index (χ3n) is 3.51. The van der Waals surface area contributed by atoms with E-state index in [1.165, 1.54) is 0 Å². The van der Waals surface area contributed by atoms with Crippen LogP contribution in [0, 0.1) is 11.3 Å². The van der Waals surface area contributed by atoms with E-state index in [1.807, 2.05) is 0 Å². The topological polar surface area (TPSA) is 43.7 Å². The Hall–Kier alpha value is -0.120. The maximum atomic E-state index is 9.76. The van der Waals surface area contributed by atoms with Crippen LogP contribution in [0.3, 0.4) is 0 Å². The summed E-state index contributed by atoms with van der Waals surface area (Å²) in [6, 6.07) is 0.543. The zero-order valence-electron chi connectivity index (χ0n) is 8.40. The van der Waals surface area contributed by atoms with Gasteiger partial charge in [0.15, 0.2) is 0 Å². The molecule has 1 saturated carbocycles. The van der Waals surface area contributed by atoms with Crippen molar-refractivity contribution in [2.75, 3.05) is 19.7 Å². The Morgan fingerprint density at radius 3 is 2.54 bits per heavy atom. The molecule has 13 heavy (non-hydrogen) atoms. The summed E-state index contributed by atoms with van der Waals surface area (Å²) in [5.41, 5.74) is 0.0304. The van der Waals surface area contributed by atoms with Crippen molar-refractivity contribution in [2.45, 2.75) is 32.4 Å². The van der Waals surface area contributed by atoms with Crippen molar-refractivity contribution >= 4 is 0 Å². The SMILES string of the molecule is CC1(C)CN(C2CC2CO)CC1O. The lowest BCUT2D eigenvalue weighted by molar-refractivity contribution is 0.0953. The first-order valence-corrected chi connectivity index (χ1v) is 5.07. The third kappa shape index (κ3) is 1.60. The Kier molecular flexibility index (Phi) is 2.13. The predicted molar refractivity (Wildman–Crippen MR) is 50.3 cm³/mol. The van der Waals surface area contributed by atoms with Crippen LogP contribution >= 0.6 is 0 Å². The lowest BCUT2D eigenvalue weighted by atomic mass is 9.90. The molecule has 0 aromatic heterocycles. The van der Waals surface area contributed by atoms with Crippen LogP contribution in [0.5, 0.6) is 0 Å². The first-order valence-electron chi connectivity index (χ1n) is 5.07. The summed E-state index contributed by atoms with van der Waals surface area (Å²) in [7, 11) is 0. The molecule has 76 valence electrons. The summed E-state index contributed by atoms with van der Waals surface area (Å²) in [5, 5.41) is 18.7. The van der Waals surface area contributed by atoms with Crippen molar-refractivity contribution in [1.29, 1.82) is 0 Å². The normalized spacial score (nSPS) is 43.8. The molecule has 3 heteroatoms. The summed E-state index contributed by atoms with van der Waals surface area (Å²) >= 11 is 0. The van der Waals surface area contributed by atoms with Crippen LogP contribution < -0.4 is 0 Å². The van der Waals surface area contributed by atoms with E-state index in [9.17, 15) is 5.11 Å². The van der Waals surface area contributed by atoms with Crippen molar-refractivity contribution in [3.8, 4) is 0 Å². The number of likely N-dealkylation sites (tertiary alicyclic amines) is 1. The molecule has 2 rings (SSSR count). The van der Waals surface area contributed by atoms with Gasteiger partial charge in [-0.25, -0.2) is 0 Å². The molecule has 0 spiro atoms. The van der Waals surface area contributed by atoms with Gasteiger partial charge in [-0.2, -0.15) is 0 Å². The van der Waals surface area contributed by atoms with Gasteiger partial charge in [0.25, 0.3) is 0 Å². The minimum Gasteiger partial charge on any atom is -0.396 e. The van der Waals surface area contributed by atoms with E-state index in [0.29, 0.717) is 18.6 Å². The quantitative estimate of drug-likeness (QED) is 0.640. The summed E-state index contributed by atoms with van der Waals surface area (Å²) in [6.45, 7) is 6.27. The molecule has 0 amide bonds. The number of aliphatic hydroxyl groups is 2. The van der Waals surface area contributed by atoms with Crippen LogP contribution in [0.15, 0.2) is 0 Å². The number of rotatable bonds is 2. The average Bonchev–Trinajstić information content (AvgIpc) is 2.76. The predicted octanol–water partition coefficient (Wildman–Crippen LogP) is 0.0699. The van der Waals surface area contributed by atoms with E-state index in [1.54, 1.807) is 0 Å². The number of hydrogen-bond donors (Lipinski definition) is 2. The van der Waals surface area contributed by atoms with Gasteiger partial charge < -0.3 is 10.2 Å². The van der Waals surface area contributed by atoms with Crippen LogP contribution in [0.25, 0.3) is 0 Å². The first kappa shape index (κ1) is 9.44. The molecule has 0 bridgehead atoms. The fraction of sp³-hybridized carbons (Fsp3) is 1.00. The van der Waals surface area contributed by atoms with Crippen LogP contribution in [-0.4, -0.2) is 47.0 Å². The molecule has 2 N–H and O–H groups in total. The third-order valence-corrected chi connectivity index (χ3v) is 3.51. The molecule has 1 heterocycles. The Morgan fingerprint density at radius 1 is 1.46 bits per heavy atom. The molecule has 3 nitrogen and oxygen atoms in total. The number of β-amino-alcohol motifs (C(OH)–C–C–N with tert-alkyl or cyclic N) is 1. The molecule has 2 fully saturated rings. The van der Waals surface area contributed by atoms with Gasteiger partial charge in [-0.3, -0.25) is 4.90 Å². The van der Waals surface area contributed by atoms with E-state index in [4.69, 9.17) is 5.11 Å². The lowest BCUT2D eigenvalue weighted by Gasteiger charge is -2.21. The van der Waals surface area contributed by atoms with Crippen LogP contribution in [0.1, 0.15) is 20.3 Å². The molecule has 0 aromatic carbocycles. The molecule has 3 atom stereocenters. The van der Waals surface area contributed by atoms with E-state index >= 15 is 0 Å². The molecular weight excluding hydrogens is 166 g/mol. The Morgan fingerprint density at radius 2 is 2.15 bits per heavy atom. The van der Waals surface area contributed by atoms with E-state index in [-0.39, 0.29) is 11.5 Å². The van der Waals surface area contributed by atoms with Crippen molar-refractivity contribution in [1.82, 2.24) is 4.90 Å². The van der Waals surface area contributed by atoms with Gasteiger partial charge >= 0.3 is 0 Å². The lowest BCUT2D eigenvalue weighted by Crippen LogP contribution is -2.27. The fourth-order valence-corrected chi connectivity index (χ4v) is 2.29. The minimum atomic E-state index is -0.201. The molecule has 0 radical (unpaired) electrons. The van der Waals surface area contributed by atoms with Crippen molar-refractivity contribution < 1.29 is 10.2 Å². The van der Waals surface area contributed by atoms with Gasteiger partial charge in [-0.15, -0.1) is 0 Å². The van der Waals surface area contributed by atoms with Gasteiger partial charge in [0.2, 0.25) is 0 Å². The Balaban J connectivity index is 1.92. The Labute approximate surface area is 79.4 Å². The highest BCUT2D eigenvalue weighted by molar-refractivity contribution is 5.01. The second-order valence-corrected chi connectivity index (χ2v) is 5.18. The second-order valence-electron chi connectivity index (χ2n) is 5.18. The average molecular weight is 185 g/mol. The maximum absolute atomic E-state index is 9.76. The fourth-order valence-electron chi connectivity index (χ4n) is 2.29. The Bertz CT molecular complexity index is 205. The van der Waals surface area contributed by atoms with Crippen LogP contribution in [0.2, 0.25) is 0 Å². The van der Waals surface area contributed by atoms with Crippen molar-refractivity contribution in [2.24, 2.45) is 11.3 Å². The zero-order valence-corrected chi connectivity index (χ0v) is 8.40. The summed E-state index contributed by atoms with van der Waals surface area (Å²) in [4.78, 5) is 2.32. The molecule has 3 unspecified atom stereocenters. The molecule has 2 aliphatic rings. The smallest absolute Gasteiger partial charge is 0.0730 e. The zero-order chi connectivity index (χ0) is 9.64.